The first-order valence-corrected chi connectivity index (χ1v) is 11.3. The van der Waals surface area contributed by atoms with Gasteiger partial charge < -0.3 is 16.0 Å². The summed E-state index contributed by atoms with van der Waals surface area (Å²) in [4.78, 5) is 19.6. The average Bonchev–Trinajstić information content (AvgIpc) is 2.66. The Morgan fingerprint density at radius 1 is 1.18 bits per heavy atom. The van der Waals surface area contributed by atoms with E-state index in [1.165, 1.54) is 38.5 Å². The first-order valence-electron chi connectivity index (χ1n) is 10.9. The number of piperidine rings is 1. The summed E-state index contributed by atoms with van der Waals surface area (Å²) >= 11 is 6.35. The Bertz CT molecular complexity index is 724. The molecule has 4 bridgehead atoms. The van der Waals surface area contributed by atoms with Crippen LogP contribution in [0, 0.1) is 23.2 Å². The van der Waals surface area contributed by atoms with E-state index in [-0.39, 0.29) is 11.9 Å². The second-order valence-electron chi connectivity index (χ2n) is 9.95. The number of amides is 1. The fourth-order valence-electron chi connectivity index (χ4n) is 6.77. The van der Waals surface area contributed by atoms with Crippen molar-refractivity contribution in [1.29, 1.82) is 0 Å². The molecule has 2 heterocycles. The summed E-state index contributed by atoms with van der Waals surface area (Å²) in [5, 5.41) is 3.68. The molecule has 6 heteroatoms. The predicted molar refractivity (Wildman–Crippen MR) is 112 cm³/mol. The number of nitrogens with two attached hydrogens (primary N) is 1. The third-order valence-electron chi connectivity index (χ3n) is 7.74. The number of hydrogen-bond donors (Lipinski definition) is 2. The Morgan fingerprint density at radius 2 is 1.79 bits per heavy atom. The van der Waals surface area contributed by atoms with E-state index in [0.29, 0.717) is 16.0 Å². The van der Waals surface area contributed by atoms with Crippen molar-refractivity contribution in [3.63, 3.8) is 0 Å². The summed E-state index contributed by atoms with van der Waals surface area (Å²) in [7, 11) is 0. The van der Waals surface area contributed by atoms with Gasteiger partial charge in [-0.1, -0.05) is 11.6 Å². The van der Waals surface area contributed by atoms with Crippen LogP contribution in [0.5, 0.6) is 0 Å². The van der Waals surface area contributed by atoms with Gasteiger partial charge in [-0.2, -0.15) is 0 Å². The third-order valence-corrected chi connectivity index (χ3v) is 8.04. The van der Waals surface area contributed by atoms with Gasteiger partial charge in [-0.25, -0.2) is 4.98 Å². The molecule has 1 amide bonds. The van der Waals surface area contributed by atoms with Crippen LogP contribution in [-0.2, 0) is 0 Å². The number of hydrogen-bond acceptors (Lipinski definition) is 4. The molecule has 28 heavy (non-hydrogen) atoms. The molecule has 1 aromatic heterocycles. The summed E-state index contributed by atoms with van der Waals surface area (Å²) in [5.74, 6) is 3.45. The molecule has 152 valence electrons. The molecule has 0 unspecified atom stereocenters. The van der Waals surface area contributed by atoms with Crippen molar-refractivity contribution in [3.8, 4) is 0 Å². The van der Waals surface area contributed by atoms with E-state index in [9.17, 15) is 4.79 Å². The number of anilines is 1. The molecule has 5 fully saturated rings. The molecule has 5 aliphatic rings. The molecule has 1 saturated heterocycles. The molecule has 0 spiro atoms. The molecule has 0 aromatic carbocycles. The molecule has 5 nitrogen and oxygen atoms in total. The second kappa shape index (κ2) is 7.17. The quantitative estimate of drug-likeness (QED) is 0.807. The van der Waals surface area contributed by atoms with Crippen LogP contribution in [0.4, 0.5) is 5.82 Å². The number of rotatable bonds is 4. The summed E-state index contributed by atoms with van der Waals surface area (Å²) in [6.45, 7) is 2.55. The highest BCUT2D eigenvalue weighted by atomic mass is 35.5. The van der Waals surface area contributed by atoms with Gasteiger partial charge in [0.2, 0.25) is 0 Å². The van der Waals surface area contributed by atoms with Gasteiger partial charge in [0.25, 0.3) is 5.91 Å². The highest BCUT2D eigenvalue weighted by Gasteiger charge is 2.50. The maximum atomic E-state index is 13.0. The summed E-state index contributed by atoms with van der Waals surface area (Å²) in [6, 6.07) is 2.13. The van der Waals surface area contributed by atoms with Crippen LogP contribution >= 0.6 is 11.6 Å². The Hall–Kier alpha value is -1.33. The van der Waals surface area contributed by atoms with Crippen molar-refractivity contribution in [3.05, 3.63) is 22.8 Å². The minimum Gasteiger partial charge on any atom is -0.356 e. The van der Waals surface area contributed by atoms with Crippen LogP contribution in [-0.4, -0.2) is 36.6 Å². The van der Waals surface area contributed by atoms with Gasteiger partial charge in [0.1, 0.15) is 5.82 Å². The Morgan fingerprint density at radius 3 is 2.39 bits per heavy atom. The van der Waals surface area contributed by atoms with Gasteiger partial charge in [0.05, 0.1) is 10.6 Å². The van der Waals surface area contributed by atoms with Crippen LogP contribution in [0.25, 0.3) is 0 Å². The van der Waals surface area contributed by atoms with E-state index >= 15 is 0 Å². The van der Waals surface area contributed by atoms with Crippen LogP contribution < -0.4 is 16.0 Å². The smallest absolute Gasteiger partial charge is 0.253 e. The Labute approximate surface area is 172 Å². The normalized spacial score (nSPS) is 34.6. The van der Waals surface area contributed by atoms with Gasteiger partial charge >= 0.3 is 0 Å². The fraction of sp³-hybridized carbons (Fsp3) is 0.727. The number of carbonyl (C=O) groups excluding carboxylic acids is 1. The van der Waals surface area contributed by atoms with Crippen molar-refractivity contribution in [1.82, 2.24) is 10.3 Å². The van der Waals surface area contributed by atoms with E-state index in [1.807, 2.05) is 6.07 Å². The fourth-order valence-corrected chi connectivity index (χ4v) is 6.96. The number of aromatic nitrogens is 1. The third kappa shape index (κ3) is 3.52. The largest absolute Gasteiger partial charge is 0.356 e. The minimum absolute atomic E-state index is 0.0573. The lowest BCUT2D eigenvalue weighted by atomic mass is 9.49. The Balaban J connectivity index is 1.27. The lowest BCUT2D eigenvalue weighted by molar-refractivity contribution is -0.0503. The van der Waals surface area contributed by atoms with E-state index in [4.69, 9.17) is 17.3 Å². The second-order valence-corrected chi connectivity index (χ2v) is 10.4. The summed E-state index contributed by atoms with van der Waals surface area (Å²) in [6.07, 6.45) is 11.7. The molecular weight excluding hydrogens is 372 g/mol. The SMILES string of the molecule is NC1CCN(c2cc(C(=O)NCC34CC5CC(CC(C5)C3)C4)c(Cl)cn2)CC1. The molecular formula is C22H31ClN4O. The van der Waals surface area contributed by atoms with Crippen LogP contribution in [0.2, 0.25) is 5.02 Å². The van der Waals surface area contributed by atoms with Crippen LogP contribution in [0.3, 0.4) is 0 Å². The van der Waals surface area contributed by atoms with Crippen molar-refractivity contribution in [2.75, 3.05) is 24.5 Å². The Kier molecular flexibility index (Phi) is 4.79. The lowest BCUT2D eigenvalue weighted by Crippen LogP contribution is -2.51. The number of carbonyl (C=O) groups is 1. The van der Waals surface area contributed by atoms with Gasteiger partial charge in [-0.05, 0) is 80.6 Å². The van der Waals surface area contributed by atoms with Gasteiger partial charge in [0.15, 0.2) is 0 Å². The summed E-state index contributed by atoms with van der Waals surface area (Å²) < 4.78 is 0. The molecule has 3 N–H and O–H groups in total. The van der Waals surface area contributed by atoms with Crippen molar-refractivity contribution in [2.24, 2.45) is 28.9 Å². The molecule has 4 aliphatic carbocycles. The van der Waals surface area contributed by atoms with Gasteiger partial charge in [-0.15, -0.1) is 0 Å². The van der Waals surface area contributed by atoms with Crippen molar-refractivity contribution < 1.29 is 4.79 Å². The van der Waals surface area contributed by atoms with Crippen LogP contribution in [0.1, 0.15) is 61.7 Å². The first kappa shape index (κ1) is 18.7. The predicted octanol–water partition coefficient (Wildman–Crippen LogP) is 3.61. The van der Waals surface area contributed by atoms with E-state index < -0.39 is 0 Å². The van der Waals surface area contributed by atoms with E-state index in [2.05, 4.69) is 15.2 Å². The monoisotopic (exact) mass is 402 g/mol. The molecule has 0 radical (unpaired) electrons. The standard InChI is InChI=1S/C22H31ClN4O/c23-19-12-25-20(27-3-1-17(24)2-4-27)8-18(19)21(28)26-13-22-9-14-5-15(10-22)7-16(6-14)11-22/h8,12,14-17H,1-7,9-11,13,24H2,(H,26,28). The number of nitrogens with zero attached hydrogens (tertiary/aromatic N) is 2. The molecule has 6 rings (SSSR count). The van der Waals surface area contributed by atoms with E-state index in [1.54, 1.807) is 6.20 Å². The number of halogens is 1. The van der Waals surface area contributed by atoms with Gasteiger partial charge in [0, 0.05) is 31.9 Å². The van der Waals surface area contributed by atoms with Crippen LogP contribution in [0.15, 0.2) is 12.3 Å². The van der Waals surface area contributed by atoms with Crippen molar-refractivity contribution >= 4 is 23.3 Å². The van der Waals surface area contributed by atoms with Crippen molar-refractivity contribution in [2.45, 2.75) is 57.4 Å². The highest BCUT2D eigenvalue weighted by Crippen LogP contribution is 2.59. The zero-order valence-corrected chi connectivity index (χ0v) is 17.3. The zero-order chi connectivity index (χ0) is 19.3. The van der Waals surface area contributed by atoms with Gasteiger partial charge in [-0.3, -0.25) is 4.79 Å². The number of nitrogens with one attached hydrogen (secondary N) is 1. The molecule has 0 atom stereocenters. The summed E-state index contributed by atoms with van der Waals surface area (Å²) in [5.41, 5.74) is 6.88. The molecule has 1 aliphatic heterocycles. The highest BCUT2D eigenvalue weighted by molar-refractivity contribution is 6.33. The maximum absolute atomic E-state index is 13.0. The topological polar surface area (TPSA) is 71.2 Å². The first-order chi connectivity index (χ1) is 13.5. The van der Waals surface area contributed by atoms with E-state index in [0.717, 1.165) is 56.0 Å². The number of pyridine rings is 1. The maximum Gasteiger partial charge on any atom is 0.253 e. The zero-order valence-electron chi connectivity index (χ0n) is 16.5. The average molecular weight is 403 g/mol. The molecule has 4 saturated carbocycles. The molecule has 1 aromatic rings. The lowest BCUT2D eigenvalue weighted by Gasteiger charge is -2.56. The minimum atomic E-state index is -0.0573.